The molecule has 0 radical (unpaired) electrons. The molecule has 0 fully saturated rings. The maximum absolute atomic E-state index is 12.2. The van der Waals surface area contributed by atoms with Crippen LogP contribution in [0.4, 0.5) is 5.69 Å². The van der Waals surface area contributed by atoms with Gasteiger partial charge in [0.2, 0.25) is 0 Å². The fourth-order valence-electron chi connectivity index (χ4n) is 2.37. The van der Waals surface area contributed by atoms with Crippen molar-refractivity contribution in [2.24, 2.45) is 0 Å². The third kappa shape index (κ3) is 1.31. The van der Waals surface area contributed by atoms with Crippen molar-refractivity contribution in [2.45, 2.75) is 6.92 Å². The molecule has 17 heavy (non-hydrogen) atoms. The fourth-order valence-corrected chi connectivity index (χ4v) is 3.00. The van der Waals surface area contributed by atoms with E-state index in [0.29, 0.717) is 22.2 Å². The molecule has 0 bridgehead atoms. The standard InChI is InChI=1S/C13H9Cl2NO/c1-2-16-12-10(15)6-9(14)7-4-3-5-8(11(7)12)13(16)17/h3-6H,2H2,1H3. The lowest BCUT2D eigenvalue weighted by molar-refractivity contribution is 0.0994. The number of carbonyl (C=O) groups excluding carboxylic acids is 1. The monoisotopic (exact) mass is 265 g/mol. The van der Waals surface area contributed by atoms with Crippen molar-refractivity contribution in [2.75, 3.05) is 11.4 Å². The average Bonchev–Trinajstić information content (AvgIpc) is 2.61. The molecule has 2 nitrogen and oxygen atoms in total. The highest BCUT2D eigenvalue weighted by molar-refractivity contribution is 6.44. The van der Waals surface area contributed by atoms with Gasteiger partial charge in [-0.25, -0.2) is 0 Å². The predicted molar refractivity (Wildman–Crippen MR) is 71.3 cm³/mol. The van der Waals surface area contributed by atoms with Crippen LogP contribution in [0.25, 0.3) is 10.8 Å². The lowest BCUT2D eigenvalue weighted by Gasteiger charge is -2.16. The molecule has 0 aromatic heterocycles. The number of benzene rings is 2. The number of anilines is 1. The molecule has 0 N–H and O–H groups in total. The number of rotatable bonds is 1. The molecule has 3 rings (SSSR count). The van der Waals surface area contributed by atoms with Gasteiger partial charge in [0.25, 0.3) is 5.91 Å². The van der Waals surface area contributed by atoms with Crippen LogP contribution in [0.2, 0.25) is 10.0 Å². The van der Waals surface area contributed by atoms with Gasteiger partial charge in [-0.3, -0.25) is 4.79 Å². The Morgan fingerprint density at radius 2 is 2.00 bits per heavy atom. The van der Waals surface area contributed by atoms with Gasteiger partial charge in [-0.2, -0.15) is 0 Å². The Labute approximate surface area is 109 Å². The first-order chi connectivity index (χ1) is 8.15. The number of hydrogen-bond donors (Lipinski definition) is 0. The average molecular weight is 266 g/mol. The fraction of sp³-hybridized carbons (Fsp3) is 0.154. The predicted octanol–water partition coefficient (Wildman–Crippen LogP) is 4.13. The van der Waals surface area contributed by atoms with Crippen LogP contribution in [0.1, 0.15) is 17.3 Å². The Morgan fingerprint density at radius 1 is 1.24 bits per heavy atom. The Morgan fingerprint density at radius 3 is 2.71 bits per heavy atom. The van der Waals surface area contributed by atoms with Crippen LogP contribution >= 0.6 is 23.2 Å². The first-order valence-electron chi connectivity index (χ1n) is 5.37. The summed E-state index contributed by atoms with van der Waals surface area (Å²) < 4.78 is 0. The summed E-state index contributed by atoms with van der Waals surface area (Å²) in [6.07, 6.45) is 0. The summed E-state index contributed by atoms with van der Waals surface area (Å²) in [6.45, 7) is 2.53. The molecule has 2 aromatic rings. The van der Waals surface area contributed by atoms with E-state index in [2.05, 4.69) is 0 Å². The molecule has 1 heterocycles. The first kappa shape index (κ1) is 10.9. The third-order valence-electron chi connectivity index (χ3n) is 3.10. The van der Waals surface area contributed by atoms with Gasteiger partial charge in [0, 0.05) is 22.9 Å². The van der Waals surface area contributed by atoms with Crippen LogP contribution in [0.5, 0.6) is 0 Å². The Kier molecular flexibility index (Phi) is 2.32. The summed E-state index contributed by atoms with van der Waals surface area (Å²) in [4.78, 5) is 13.9. The van der Waals surface area contributed by atoms with Crippen molar-refractivity contribution in [3.8, 4) is 0 Å². The zero-order chi connectivity index (χ0) is 12.2. The highest BCUT2D eigenvalue weighted by atomic mass is 35.5. The maximum Gasteiger partial charge on any atom is 0.259 e. The second-order valence-corrected chi connectivity index (χ2v) is 4.78. The van der Waals surface area contributed by atoms with E-state index < -0.39 is 0 Å². The van der Waals surface area contributed by atoms with Crippen molar-refractivity contribution in [3.05, 3.63) is 39.9 Å². The van der Waals surface area contributed by atoms with Gasteiger partial charge in [0.15, 0.2) is 0 Å². The van der Waals surface area contributed by atoms with E-state index >= 15 is 0 Å². The number of carbonyl (C=O) groups is 1. The van der Waals surface area contributed by atoms with Crippen molar-refractivity contribution in [3.63, 3.8) is 0 Å². The van der Waals surface area contributed by atoms with E-state index in [9.17, 15) is 4.79 Å². The highest BCUT2D eigenvalue weighted by Crippen LogP contribution is 2.44. The second kappa shape index (κ2) is 3.62. The second-order valence-electron chi connectivity index (χ2n) is 3.97. The van der Waals surface area contributed by atoms with Crippen LogP contribution in [0, 0.1) is 0 Å². The van der Waals surface area contributed by atoms with E-state index in [1.807, 2.05) is 25.1 Å². The quantitative estimate of drug-likeness (QED) is 0.760. The number of halogens is 2. The van der Waals surface area contributed by atoms with Gasteiger partial charge in [-0.05, 0) is 19.1 Å². The van der Waals surface area contributed by atoms with Gasteiger partial charge < -0.3 is 4.90 Å². The molecule has 0 spiro atoms. The van der Waals surface area contributed by atoms with Gasteiger partial charge >= 0.3 is 0 Å². The molecule has 86 valence electrons. The van der Waals surface area contributed by atoms with Crippen molar-refractivity contribution >= 4 is 45.6 Å². The zero-order valence-electron chi connectivity index (χ0n) is 9.13. The molecule has 2 aromatic carbocycles. The number of nitrogens with zero attached hydrogens (tertiary/aromatic N) is 1. The summed E-state index contributed by atoms with van der Waals surface area (Å²) in [5, 5.41) is 2.87. The molecule has 0 aliphatic carbocycles. The summed E-state index contributed by atoms with van der Waals surface area (Å²) in [5.41, 5.74) is 1.47. The zero-order valence-corrected chi connectivity index (χ0v) is 10.6. The Hall–Kier alpha value is -1.25. The number of hydrogen-bond acceptors (Lipinski definition) is 1. The normalized spacial score (nSPS) is 13.8. The van der Waals surface area contributed by atoms with E-state index in [1.165, 1.54) is 0 Å². The van der Waals surface area contributed by atoms with E-state index in [-0.39, 0.29) is 5.91 Å². The molecule has 0 atom stereocenters. The van der Waals surface area contributed by atoms with Crippen molar-refractivity contribution in [1.82, 2.24) is 0 Å². The highest BCUT2D eigenvalue weighted by Gasteiger charge is 2.31. The minimum Gasteiger partial charge on any atom is -0.307 e. The van der Waals surface area contributed by atoms with Crippen LogP contribution < -0.4 is 4.90 Å². The smallest absolute Gasteiger partial charge is 0.259 e. The molecule has 1 amide bonds. The topological polar surface area (TPSA) is 20.3 Å². The lowest BCUT2D eigenvalue weighted by Crippen LogP contribution is -2.26. The minimum absolute atomic E-state index is 0.00253. The molecule has 1 aliphatic rings. The van der Waals surface area contributed by atoms with Gasteiger partial charge in [0.1, 0.15) is 0 Å². The van der Waals surface area contributed by atoms with Crippen LogP contribution in [0.3, 0.4) is 0 Å². The first-order valence-corrected chi connectivity index (χ1v) is 6.13. The van der Waals surface area contributed by atoms with Gasteiger partial charge in [-0.15, -0.1) is 0 Å². The lowest BCUT2D eigenvalue weighted by atomic mass is 10.1. The summed E-state index contributed by atoms with van der Waals surface area (Å²) in [5.74, 6) is -0.00253. The summed E-state index contributed by atoms with van der Waals surface area (Å²) >= 11 is 12.4. The maximum atomic E-state index is 12.2. The Balaban J connectivity index is 2.52. The summed E-state index contributed by atoms with van der Waals surface area (Å²) in [6, 6.07) is 7.27. The van der Waals surface area contributed by atoms with Crippen LogP contribution in [-0.4, -0.2) is 12.5 Å². The van der Waals surface area contributed by atoms with Gasteiger partial charge in [0.05, 0.1) is 15.7 Å². The minimum atomic E-state index is -0.00253. The van der Waals surface area contributed by atoms with E-state index in [1.54, 1.807) is 11.0 Å². The van der Waals surface area contributed by atoms with Gasteiger partial charge in [-0.1, -0.05) is 35.3 Å². The van der Waals surface area contributed by atoms with E-state index in [0.717, 1.165) is 16.5 Å². The third-order valence-corrected chi connectivity index (χ3v) is 3.70. The Bertz CT molecular complexity index is 651. The molecule has 0 saturated heterocycles. The molecule has 1 aliphatic heterocycles. The molecule has 0 unspecified atom stereocenters. The van der Waals surface area contributed by atoms with Crippen molar-refractivity contribution in [1.29, 1.82) is 0 Å². The molecule has 4 heteroatoms. The largest absolute Gasteiger partial charge is 0.307 e. The molecular formula is C13H9Cl2NO. The van der Waals surface area contributed by atoms with E-state index in [4.69, 9.17) is 23.2 Å². The summed E-state index contributed by atoms with van der Waals surface area (Å²) in [7, 11) is 0. The van der Waals surface area contributed by atoms with Crippen molar-refractivity contribution < 1.29 is 4.79 Å². The number of amides is 1. The van der Waals surface area contributed by atoms with Crippen LogP contribution in [0.15, 0.2) is 24.3 Å². The van der Waals surface area contributed by atoms with Crippen LogP contribution in [-0.2, 0) is 0 Å². The SMILES string of the molecule is CCN1C(=O)c2cccc3c(Cl)cc(Cl)c1c23. The molecular weight excluding hydrogens is 257 g/mol. The molecule has 0 saturated carbocycles.